The lowest BCUT2D eigenvalue weighted by atomic mass is 10.1. The fraction of sp³-hybridized carbons (Fsp3) is 0.174. The fourth-order valence-corrected chi connectivity index (χ4v) is 3.70. The van der Waals surface area contributed by atoms with Gasteiger partial charge in [-0.3, -0.25) is 4.79 Å². The molecule has 158 valence electrons. The first-order chi connectivity index (χ1) is 15.0. The number of anilines is 1. The van der Waals surface area contributed by atoms with Crippen molar-refractivity contribution in [3.63, 3.8) is 0 Å². The average Bonchev–Trinajstić information content (AvgIpc) is 3.46. The van der Waals surface area contributed by atoms with Gasteiger partial charge in [0.25, 0.3) is 5.91 Å². The maximum Gasteiger partial charge on any atom is 0.337 e. The van der Waals surface area contributed by atoms with Gasteiger partial charge in [0, 0.05) is 29.9 Å². The third-order valence-electron chi connectivity index (χ3n) is 5.07. The maximum absolute atomic E-state index is 12.3. The van der Waals surface area contributed by atoms with E-state index in [0.29, 0.717) is 22.6 Å². The van der Waals surface area contributed by atoms with Crippen LogP contribution in [0.5, 0.6) is 0 Å². The van der Waals surface area contributed by atoms with E-state index in [2.05, 4.69) is 15.4 Å². The average molecular weight is 438 g/mol. The zero-order chi connectivity index (χ0) is 21.8. The van der Waals surface area contributed by atoms with Crippen LogP contribution in [0.4, 0.5) is 5.69 Å². The summed E-state index contributed by atoms with van der Waals surface area (Å²) in [6, 6.07) is 15.4. The monoisotopic (exact) mass is 437 g/mol. The van der Waals surface area contributed by atoms with Gasteiger partial charge < -0.3 is 14.4 Å². The van der Waals surface area contributed by atoms with Gasteiger partial charge in [0.15, 0.2) is 0 Å². The number of halogens is 1. The van der Waals surface area contributed by atoms with Gasteiger partial charge in [-0.25, -0.2) is 10.2 Å². The molecule has 8 heteroatoms. The van der Waals surface area contributed by atoms with E-state index in [1.165, 1.54) is 31.2 Å². The van der Waals surface area contributed by atoms with Crippen molar-refractivity contribution in [1.82, 2.24) is 5.43 Å². The second-order valence-electron chi connectivity index (χ2n) is 7.14. The topological polar surface area (TPSA) is 95.1 Å². The molecule has 0 saturated carbocycles. The number of nitrogens with one attached hydrogen (secondary N) is 1. The number of hydrazone groups is 1. The van der Waals surface area contributed by atoms with Crippen LogP contribution < -0.4 is 10.3 Å². The number of hydrogen-bond donors (Lipinski definition) is 2. The van der Waals surface area contributed by atoms with Crippen molar-refractivity contribution in [2.75, 3.05) is 18.0 Å². The van der Waals surface area contributed by atoms with Crippen molar-refractivity contribution >= 4 is 35.4 Å². The Balaban J connectivity index is 1.37. The molecule has 2 aromatic carbocycles. The van der Waals surface area contributed by atoms with E-state index in [1.54, 1.807) is 30.3 Å². The summed E-state index contributed by atoms with van der Waals surface area (Å²) in [7, 11) is 0. The molecule has 0 radical (unpaired) electrons. The van der Waals surface area contributed by atoms with Crippen LogP contribution in [0.25, 0.3) is 11.3 Å². The molecule has 1 saturated heterocycles. The number of benzene rings is 2. The Bertz CT molecular complexity index is 1130. The Morgan fingerprint density at radius 1 is 1.06 bits per heavy atom. The van der Waals surface area contributed by atoms with Crippen molar-refractivity contribution < 1.29 is 19.1 Å². The molecular formula is C23H20ClN3O4. The number of carbonyl (C=O) groups excluding carboxylic acids is 1. The van der Waals surface area contributed by atoms with E-state index < -0.39 is 5.97 Å². The minimum absolute atomic E-state index is 0.0231. The van der Waals surface area contributed by atoms with Gasteiger partial charge in [0.1, 0.15) is 11.5 Å². The van der Waals surface area contributed by atoms with Crippen LogP contribution in [0.2, 0.25) is 5.02 Å². The van der Waals surface area contributed by atoms with E-state index >= 15 is 0 Å². The van der Waals surface area contributed by atoms with Crippen LogP contribution >= 0.6 is 11.6 Å². The van der Waals surface area contributed by atoms with Gasteiger partial charge in [0.2, 0.25) is 0 Å². The summed E-state index contributed by atoms with van der Waals surface area (Å²) >= 11 is 6.01. The number of amides is 1. The molecule has 1 aliphatic heterocycles. The van der Waals surface area contributed by atoms with Gasteiger partial charge in [-0.2, -0.15) is 5.10 Å². The Morgan fingerprint density at radius 3 is 2.48 bits per heavy atom. The van der Waals surface area contributed by atoms with E-state index in [4.69, 9.17) is 21.1 Å². The highest BCUT2D eigenvalue weighted by molar-refractivity contribution is 6.33. The largest absolute Gasteiger partial charge is 0.478 e. The second kappa shape index (κ2) is 9.06. The number of carbonyl (C=O) groups is 2. The first-order valence-corrected chi connectivity index (χ1v) is 10.2. The Morgan fingerprint density at radius 2 is 1.81 bits per heavy atom. The zero-order valence-corrected chi connectivity index (χ0v) is 17.3. The number of aromatic carboxylic acids is 1. The number of carboxylic acids is 1. The van der Waals surface area contributed by atoms with Crippen molar-refractivity contribution in [2.24, 2.45) is 5.10 Å². The van der Waals surface area contributed by atoms with E-state index in [9.17, 15) is 9.59 Å². The van der Waals surface area contributed by atoms with E-state index in [-0.39, 0.29) is 16.5 Å². The van der Waals surface area contributed by atoms with Crippen LogP contribution in [0.15, 0.2) is 64.1 Å². The van der Waals surface area contributed by atoms with Crippen LogP contribution in [0.1, 0.15) is 39.3 Å². The minimum Gasteiger partial charge on any atom is -0.478 e. The highest BCUT2D eigenvalue weighted by atomic mass is 35.5. The lowest BCUT2D eigenvalue weighted by molar-refractivity contribution is 0.0696. The summed E-state index contributed by atoms with van der Waals surface area (Å²) in [5.74, 6) is -0.473. The van der Waals surface area contributed by atoms with Crippen molar-refractivity contribution in [2.45, 2.75) is 12.8 Å². The summed E-state index contributed by atoms with van der Waals surface area (Å²) in [6.07, 6.45) is 3.80. The first kappa shape index (κ1) is 20.7. The maximum atomic E-state index is 12.3. The zero-order valence-electron chi connectivity index (χ0n) is 16.5. The van der Waals surface area contributed by atoms with Crippen LogP contribution in [-0.2, 0) is 0 Å². The lowest BCUT2D eigenvalue weighted by Gasteiger charge is -2.17. The number of nitrogens with zero attached hydrogens (tertiary/aromatic N) is 2. The fourth-order valence-electron chi connectivity index (χ4n) is 3.44. The lowest BCUT2D eigenvalue weighted by Crippen LogP contribution is -2.19. The standard InChI is InChI=1S/C23H20ClN3O4/c24-20-13-16(5-9-19(20)23(29)30)21-10-8-18(31-21)14-25-26-22(28)15-3-6-17(7-4-15)27-11-1-2-12-27/h3-10,13-14H,1-2,11-12H2,(H,26,28)(H,29,30)/b25-14-. The normalized spacial score (nSPS) is 13.6. The summed E-state index contributed by atoms with van der Waals surface area (Å²) < 4.78 is 5.67. The summed E-state index contributed by atoms with van der Waals surface area (Å²) in [5.41, 5.74) is 4.79. The number of rotatable bonds is 6. The van der Waals surface area contributed by atoms with E-state index in [1.807, 2.05) is 12.1 Å². The Kier molecular flexibility index (Phi) is 6.04. The third kappa shape index (κ3) is 4.78. The van der Waals surface area contributed by atoms with Crippen LogP contribution in [-0.4, -0.2) is 36.3 Å². The molecule has 4 rings (SSSR count). The molecular weight excluding hydrogens is 418 g/mol. The molecule has 0 atom stereocenters. The molecule has 1 aliphatic rings. The van der Waals surface area contributed by atoms with Crippen molar-refractivity contribution in [3.05, 3.63) is 76.5 Å². The summed E-state index contributed by atoms with van der Waals surface area (Å²) in [5, 5.41) is 13.1. The molecule has 7 nitrogen and oxygen atoms in total. The highest BCUT2D eigenvalue weighted by Crippen LogP contribution is 2.27. The molecule has 2 heterocycles. The highest BCUT2D eigenvalue weighted by Gasteiger charge is 2.13. The minimum atomic E-state index is -1.09. The van der Waals surface area contributed by atoms with Gasteiger partial charge in [0.05, 0.1) is 16.8 Å². The van der Waals surface area contributed by atoms with Crippen molar-refractivity contribution in [1.29, 1.82) is 0 Å². The Labute approximate surface area is 183 Å². The molecule has 1 amide bonds. The Hall–Kier alpha value is -3.58. The SMILES string of the molecule is O=C(N/N=C\c1ccc(-c2ccc(C(=O)O)c(Cl)c2)o1)c1ccc(N2CCCC2)cc1. The molecule has 31 heavy (non-hydrogen) atoms. The van der Waals surface area contributed by atoms with Crippen LogP contribution in [0, 0.1) is 0 Å². The molecule has 2 N–H and O–H groups in total. The smallest absolute Gasteiger partial charge is 0.337 e. The molecule has 3 aromatic rings. The van der Waals surface area contributed by atoms with Gasteiger partial charge in [-0.15, -0.1) is 0 Å². The predicted molar refractivity (Wildman–Crippen MR) is 119 cm³/mol. The summed E-state index contributed by atoms with van der Waals surface area (Å²) in [4.78, 5) is 25.7. The van der Waals surface area contributed by atoms with E-state index in [0.717, 1.165) is 18.8 Å². The summed E-state index contributed by atoms with van der Waals surface area (Å²) in [6.45, 7) is 2.10. The quantitative estimate of drug-likeness (QED) is 0.432. The van der Waals surface area contributed by atoms with Gasteiger partial charge in [-0.1, -0.05) is 17.7 Å². The van der Waals surface area contributed by atoms with Crippen LogP contribution in [0.3, 0.4) is 0 Å². The first-order valence-electron chi connectivity index (χ1n) is 9.83. The third-order valence-corrected chi connectivity index (χ3v) is 5.38. The molecule has 0 bridgehead atoms. The predicted octanol–water partition coefficient (Wildman–Crippen LogP) is 4.66. The molecule has 0 unspecified atom stereocenters. The van der Waals surface area contributed by atoms with Gasteiger partial charge >= 0.3 is 5.97 Å². The molecule has 1 fully saturated rings. The molecule has 0 aliphatic carbocycles. The second-order valence-corrected chi connectivity index (χ2v) is 7.55. The number of furan rings is 1. The van der Waals surface area contributed by atoms with Gasteiger partial charge in [-0.05, 0) is 61.4 Å². The number of hydrogen-bond acceptors (Lipinski definition) is 5. The molecule has 0 spiro atoms. The number of carboxylic acid groups (broad SMARTS) is 1. The molecule has 1 aromatic heterocycles. The van der Waals surface area contributed by atoms with Crippen molar-refractivity contribution in [3.8, 4) is 11.3 Å².